The van der Waals surface area contributed by atoms with E-state index in [-0.39, 0.29) is 0 Å². The SMILES string of the molecule is C/C=C(\C)C[Si](C)(C)C. The molecule has 0 nitrogen and oxygen atoms in total. The van der Waals surface area contributed by atoms with Crippen LogP contribution in [0.25, 0.3) is 0 Å². The Balaban J connectivity index is 3.75. The summed E-state index contributed by atoms with van der Waals surface area (Å²) in [5.74, 6) is 0. The highest BCUT2D eigenvalue weighted by molar-refractivity contribution is 6.76. The molecule has 0 unspecified atom stereocenters. The Bertz CT molecular complexity index is 106. The first kappa shape index (κ1) is 8.96. The molecule has 9 heavy (non-hydrogen) atoms. The lowest BCUT2D eigenvalue weighted by molar-refractivity contribution is 1.30. The van der Waals surface area contributed by atoms with E-state index in [1.165, 1.54) is 6.04 Å². The standard InChI is InChI=1S/C8H18Si/c1-6-8(2)7-9(3,4)5/h6H,7H2,1-5H3/b8-6+. The topological polar surface area (TPSA) is 0 Å². The van der Waals surface area contributed by atoms with E-state index < -0.39 is 8.07 Å². The maximum absolute atomic E-state index is 2.40. The van der Waals surface area contributed by atoms with Crippen molar-refractivity contribution >= 4 is 8.07 Å². The molecular weight excluding hydrogens is 124 g/mol. The molecular formula is C8H18Si. The Labute approximate surface area is 60.0 Å². The van der Waals surface area contributed by atoms with E-state index in [0.717, 1.165) is 0 Å². The van der Waals surface area contributed by atoms with E-state index in [0.29, 0.717) is 0 Å². The van der Waals surface area contributed by atoms with Gasteiger partial charge in [-0.25, -0.2) is 0 Å². The Morgan fingerprint density at radius 2 is 1.78 bits per heavy atom. The second-order valence-electron chi connectivity index (χ2n) is 3.87. The van der Waals surface area contributed by atoms with Gasteiger partial charge >= 0.3 is 0 Å². The van der Waals surface area contributed by atoms with Crippen molar-refractivity contribution in [2.45, 2.75) is 39.5 Å². The molecule has 0 spiro atoms. The number of allylic oxidation sites excluding steroid dienone is 2. The van der Waals surface area contributed by atoms with Gasteiger partial charge in [0.05, 0.1) is 0 Å². The molecule has 0 N–H and O–H groups in total. The van der Waals surface area contributed by atoms with Gasteiger partial charge in [0, 0.05) is 8.07 Å². The summed E-state index contributed by atoms with van der Waals surface area (Å²) in [6, 6.07) is 1.35. The second kappa shape index (κ2) is 3.21. The van der Waals surface area contributed by atoms with Crippen LogP contribution in [0.1, 0.15) is 13.8 Å². The lowest BCUT2D eigenvalue weighted by Gasteiger charge is -2.15. The predicted octanol–water partition coefficient (Wildman–Crippen LogP) is 3.29. The minimum atomic E-state index is -0.810. The zero-order valence-electron chi connectivity index (χ0n) is 7.28. The summed E-state index contributed by atoms with van der Waals surface area (Å²) in [5, 5.41) is 0. The third-order valence-electron chi connectivity index (χ3n) is 1.30. The highest BCUT2D eigenvalue weighted by atomic mass is 28.3. The van der Waals surface area contributed by atoms with Crippen molar-refractivity contribution in [1.29, 1.82) is 0 Å². The van der Waals surface area contributed by atoms with Gasteiger partial charge in [-0.05, 0) is 19.9 Å². The van der Waals surface area contributed by atoms with Crippen molar-refractivity contribution in [1.82, 2.24) is 0 Å². The number of rotatable bonds is 2. The minimum Gasteiger partial charge on any atom is -0.0890 e. The molecule has 0 aromatic carbocycles. The zero-order chi connectivity index (χ0) is 7.49. The van der Waals surface area contributed by atoms with E-state index in [2.05, 4.69) is 39.6 Å². The van der Waals surface area contributed by atoms with Gasteiger partial charge in [-0.3, -0.25) is 0 Å². The molecule has 0 aliphatic rings. The summed E-state index contributed by atoms with van der Waals surface area (Å²) in [6.45, 7) is 11.5. The van der Waals surface area contributed by atoms with Gasteiger partial charge in [-0.2, -0.15) is 0 Å². The molecule has 0 rings (SSSR count). The van der Waals surface area contributed by atoms with Gasteiger partial charge < -0.3 is 0 Å². The maximum atomic E-state index is 2.40. The van der Waals surface area contributed by atoms with Crippen molar-refractivity contribution in [3.8, 4) is 0 Å². The average molecular weight is 142 g/mol. The zero-order valence-corrected chi connectivity index (χ0v) is 8.28. The molecule has 0 bridgehead atoms. The van der Waals surface area contributed by atoms with Crippen LogP contribution >= 0.6 is 0 Å². The van der Waals surface area contributed by atoms with Crippen LogP contribution < -0.4 is 0 Å². The molecule has 0 amide bonds. The van der Waals surface area contributed by atoms with Crippen LogP contribution in [0.4, 0.5) is 0 Å². The molecule has 0 aliphatic carbocycles. The summed E-state index contributed by atoms with van der Waals surface area (Å²) in [4.78, 5) is 0. The first-order chi connectivity index (χ1) is 3.95. The van der Waals surface area contributed by atoms with Gasteiger partial charge in [-0.15, -0.1) is 0 Å². The minimum absolute atomic E-state index is 0.810. The van der Waals surface area contributed by atoms with Crippen molar-refractivity contribution < 1.29 is 0 Å². The van der Waals surface area contributed by atoms with Gasteiger partial charge in [-0.1, -0.05) is 31.3 Å². The van der Waals surface area contributed by atoms with Crippen molar-refractivity contribution in [3.63, 3.8) is 0 Å². The molecule has 0 fully saturated rings. The van der Waals surface area contributed by atoms with E-state index in [1.54, 1.807) is 5.57 Å². The van der Waals surface area contributed by atoms with E-state index in [9.17, 15) is 0 Å². The summed E-state index contributed by atoms with van der Waals surface area (Å²) >= 11 is 0. The summed E-state index contributed by atoms with van der Waals surface area (Å²) in [5.41, 5.74) is 1.55. The van der Waals surface area contributed by atoms with Crippen LogP contribution in [0.5, 0.6) is 0 Å². The molecule has 54 valence electrons. The molecule has 0 saturated heterocycles. The molecule has 0 heterocycles. The van der Waals surface area contributed by atoms with Crippen LogP contribution in [0.2, 0.25) is 25.7 Å². The van der Waals surface area contributed by atoms with Crippen LogP contribution in [0.3, 0.4) is 0 Å². The van der Waals surface area contributed by atoms with Gasteiger partial charge in [0.15, 0.2) is 0 Å². The Morgan fingerprint density at radius 3 is 1.89 bits per heavy atom. The summed E-state index contributed by atoms with van der Waals surface area (Å²) in [7, 11) is -0.810. The molecule has 0 aromatic heterocycles. The fourth-order valence-corrected chi connectivity index (χ4v) is 2.82. The van der Waals surface area contributed by atoms with E-state index >= 15 is 0 Å². The Morgan fingerprint density at radius 1 is 1.33 bits per heavy atom. The smallest absolute Gasteiger partial charge is 0.0483 e. The van der Waals surface area contributed by atoms with Gasteiger partial charge in [0.2, 0.25) is 0 Å². The van der Waals surface area contributed by atoms with Gasteiger partial charge in [0.1, 0.15) is 0 Å². The molecule has 0 radical (unpaired) electrons. The third kappa shape index (κ3) is 5.83. The number of hydrogen-bond donors (Lipinski definition) is 0. The molecule has 1 heteroatoms. The van der Waals surface area contributed by atoms with Crippen molar-refractivity contribution in [3.05, 3.63) is 11.6 Å². The molecule has 0 aliphatic heterocycles. The highest BCUT2D eigenvalue weighted by Crippen LogP contribution is 2.14. The van der Waals surface area contributed by atoms with Crippen LogP contribution in [-0.2, 0) is 0 Å². The predicted molar refractivity (Wildman–Crippen MR) is 47.6 cm³/mol. The van der Waals surface area contributed by atoms with Crippen LogP contribution in [0, 0.1) is 0 Å². The second-order valence-corrected chi connectivity index (χ2v) is 9.35. The fourth-order valence-electron chi connectivity index (χ4n) is 0.939. The first-order valence-electron chi connectivity index (χ1n) is 3.57. The Kier molecular flexibility index (Phi) is 3.19. The molecule has 0 saturated carbocycles. The maximum Gasteiger partial charge on any atom is 0.0483 e. The number of hydrogen-bond acceptors (Lipinski definition) is 0. The fraction of sp³-hybridized carbons (Fsp3) is 0.750. The quantitative estimate of drug-likeness (QED) is 0.410. The van der Waals surface area contributed by atoms with Gasteiger partial charge in [0.25, 0.3) is 0 Å². The van der Waals surface area contributed by atoms with Crippen LogP contribution in [-0.4, -0.2) is 8.07 Å². The molecule has 0 atom stereocenters. The normalized spacial score (nSPS) is 14.1. The average Bonchev–Trinajstić information content (AvgIpc) is 1.62. The lowest BCUT2D eigenvalue weighted by Crippen LogP contribution is -2.19. The van der Waals surface area contributed by atoms with Crippen LogP contribution in [0.15, 0.2) is 11.6 Å². The third-order valence-corrected chi connectivity index (χ3v) is 2.92. The first-order valence-corrected chi connectivity index (χ1v) is 7.28. The summed E-state index contributed by atoms with van der Waals surface area (Å²) in [6.07, 6.45) is 2.22. The Hall–Kier alpha value is -0.0431. The molecule has 0 aromatic rings. The summed E-state index contributed by atoms with van der Waals surface area (Å²) < 4.78 is 0. The van der Waals surface area contributed by atoms with Crippen molar-refractivity contribution in [2.75, 3.05) is 0 Å². The lowest BCUT2D eigenvalue weighted by atomic mass is 10.3. The monoisotopic (exact) mass is 142 g/mol. The largest absolute Gasteiger partial charge is 0.0890 e. The van der Waals surface area contributed by atoms with E-state index in [1.807, 2.05) is 0 Å². The highest BCUT2D eigenvalue weighted by Gasteiger charge is 2.12. The van der Waals surface area contributed by atoms with Crippen molar-refractivity contribution in [2.24, 2.45) is 0 Å². The van der Waals surface area contributed by atoms with E-state index in [4.69, 9.17) is 0 Å².